The predicted octanol–water partition coefficient (Wildman–Crippen LogP) is 6.52. The summed E-state index contributed by atoms with van der Waals surface area (Å²) < 4.78 is 4.75. The number of imidazole rings is 2. The normalized spacial score (nSPS) is 18.6. The average Bonchev–Trinajstić information content (AvgIpc) is 3.94. The van der Waals surface area contributed by atoms with Crippen molar-refractivity contribution in [1.82, 2.24) is 35.1 Å². The van der Waals surface area contributed by atoms with Gasteiger partial charge in [0.1, 0.15) is 17.7 Å². The predicted molar refractivity (Wildman–Crippen MR) is 196 cm³/mol. The number of aromatic nitrogens is 4. The maximum absolute atomic E-state index is 13.6. The molecular weight excluding hydrogens is 642 g/mol. The standard InChI is InChI=1S/C40H47N7O4/c1-23(2)26(6)38(48)46-18-8-9-33(46)36-41-21-32(44-36)29-15-12-27(13-16-29)10-11-28-14-17-30-31(20-28)43-37(42-30)34-19-25(5)22-47(34)39(49)35(24(3)4)45-40(50)51-7/h12-17,20-21,23-24,26,33-35H,5,8-9,18-19,22H2,1-4,6-7H3,(H,41,44)(H,42,43)(H,45,50)/t26-,33-,34-,35-/m0/s1. The van der Waals surface area contributed by atoms with E-state index in [9.17, 15) is 14.4 Å². The van der Waals surface area contributed by atoms with Crippen molar-refractivity contribution >= 4 is 28.9 Å². The van der Waals surface area contributed by atoms with Crippen LogP contribution in [0, 0.1) is 29.6 Å². The van der Waals surface area contributed by atoms with E-state index in [4.69, 9.17) is 14.7 Å². The van der Waals surface area contributed by atoms with Crippen molar-refractivity contribution < 1.29 is 19.1 Å². The fraction of sp³-hybridized carbons (Fsp3) is 0.425. The number of hydrogen-bond donors (Lipinski definition) is 3. The summed E-state index contributed by atoms with van der Waals surface area (Å²) in [6.07, 6.45) is 3.73. The van der Waals surface area contributed by atoms with Gasteiger partial charge in [-0.1, -0.05) is 70.7 Å². The van der Waals surface area contributed by atoms with Crippen molar-refractivity contribution in [3.8, 4) is 23.1 Å². The number of nitrogens with zero attached hydrogens (tertiary/aromatic N) is 4. The van der Waals surface area contributed by atoms with Crippen molar-refractivity contribution in [3.05, 3.63) is 83.6 Å². The fourth-order valence-electron chi connectivity index (χ4n) is 6.80. The van der Waals surface area contributed by atoms with Gasteiger partial charge in [-0.05, 0) is 61.4 Å². The molecule has 11 nitrogen and oxygen atoms in total. The molecule has 0 radical (unpaired) electrons. The third-order valence-corrected chi connectivity index (χ3v) is 10.1. The number of carbonyl (C=O) groups excluding carboxylic acids is 3. The Morgan fingerprint density at radius 1 is 0.922 bits per heavy atom. The molecule has 3 N–H and O–H groups in total. The number of nitrogens with one attached hydrogen (secondary N) is 3. The van der Waals surface area contributed by atoms with Crippen LogP contribution >= 0.6 is 0 Å². The molecule has 2 aromatic carbocycles. The number of alkyl carbamates (subject to hydrolysis) is 1. The minimum Gasteiger partial charge on any atom is -0.453 e. The topological polar surface area (TPSA) is 136 Å². The molecule has 0 unspecified atom stereocenters. The van der Waals surface area contributed by atoms with E-state index in [-0.39, 0.29) is 35.7 Å². The van der Waals surface area contributed by atoms with Crippen LogP contribution in [-0.2, 0) is 14.3 Å². The highest BCUT2D eigenvalue weighted by Crippen LogP contribution is 2.36. The summed E-state index contributed by atoms with van der Waals surface area (Å²) in [5, 5.41) is 2.68. The smallest absolute Gasteiger partial charge is 0.407 e. The molecule has 0 bridgehead atoms. The van der Waals surface area contributed by atoms with E-state index in [1.54, 1.807) is 4.90 Å². The molecule has 266 valence electrons. The maximum atomic E-state index is 13.6. The first-order chi connectivity index (χ1) is 24.4. The second-order valence-corrected chi connectivity index (χ2v) is 14.4. The van der Waals surface area contributed by atoms with E-state index in [2.05, 4.69) is 47.6 Å². The highest BCUT2D eigenvalue weighted by atomic mass is 16.5. The molecule has 0 spiro atoms. The Balaban J connectivity index is 1.14. The lowest BCUT2D eigenvalue weighted by molar-refractivity contribution is -0.137. The lowest BCUT2D eigenvalue weighted by Crippen LogP contribution is -2.51. The summed E-state index contributed by atoms with van der Waals surface area (Å²) in [4.78, 5) is 58.9. The zero-order valence-electron chi connectivity index (χ0n) is 30.2. The average molecular weight is 690 g/mol. The van der Waals surface area contributed by atoms with Crippen LogP contribution in [0.1, 0.15) is 88.7 Å². The first-order valence-electron chi connectivity index (χ1n) is 17.7. The van der Waals surface area contributed by atoms with Crippen LogP contribution in [0.3, 0.4) is 0 Å². The second kappa shape index (κ2) is 14.9. The quantitative estimate of drug-likeness (QED) is 0.142. The van der Waals surface area contributed by atoms with Gasteiger partial charge >= 0.3 is 6.09 Å². The molecular formula is C40H47N7O4. The third-order valence-electron chi connectivity index (χ3n) is 10.1. The Labute approximate surface area is 299 Å². The number of likely N-dealkylation sites (tertiary alicyclic amines) is 2. The van der Waals surface area contributed by atoms with Gasteiger partial charge in [0, 0.05) is 41.9 Å². The zero-order chi connectivity index (χ0) is 36.4. The Morgan fingerprint density at radius 2 is 1.65 bits per heavy atom. The molecule has 2 saturated heterocycles. The SMILES string of the molecule is C=C1C[C@@H](c2nc3cc(C#Cc4ccc(-c5c[nH]c([C@@H]6CCCN6C(=O)[C@@H](C)C(C)C)n5)cc4)ccc3[nH]2)N(C(=O)[C@@H](NC(=O)OC)C(C)C)C1. The van der Waals surface area contributed by atoms with Crippen LogP contribution in [0.4, 0.5) is 4.79 Å². The van der Waals surface area contributed by atoms with Crippen LogP contribution in [0.15, 0.2) is 60.8 Å². The van der Waals surface area contributed by atoms with E-state index >= 15 is 0 Å². The molecule has 0 aliphatic carbocycles. The molecule has 11 heteroatoms. The largest absolute Gasteiger partial charge is 0.453 e. The summed E-state index contributed by atoms with van der Waals surface area (Å²) in [6, 6.07) is 12.7. The number of carbonyl (C=O) groups is 3. The Bertz CT molecular complexity index is 2000. The molecule has 2 aliphatic heterocycles. The molecule has 51 heavy (non-hydrogen) atoms. The number of H-pyrrole nitrogens is 2. The van der Waals surface area contributed by atoms with Crippen molar-refractivity contribution in [2.75, 3.05) is 20.2 Å². The first-order valence-corrected chi connectivity index (χ1v) is 17.7. The number of hydrogen-bond acceptors (Lipinski definition) is 6. The van der Waals surface area contributed by atoms with Gasteiger partial charge < -0.3 is 29.8 Å². The van der Waals surface area contributed by atoms with Crippen LogP contribution in [-0.4, -0.2) is 73.9 Å². The molecule has 4 aromatic rings. The van der Waals surface area contributed by atoms with Crippen molar-refractivity contribution in [3.63, 3.8) is 0 Å². The minimum atomic E-state index is -0.735. The number of amides is 3. The summed E-state index contributed by atoms with van der Waals surface area (Å²) in [6.45, 7) is 15.3. The van der Waals surface area contributed by atoms with Gasteiger partial charge in [-0.15, -0.1) is 0 Å². The van der Waals surface area contributed by atoms with E-state index in [1.165, 1.54) is 7.11 Å². The minimum absolute atomic E-state index is 0.0183. The van der Waals surface area contributed by atoms with E-state index in [0.29, 0.717) is 24.7 Å². The third kappa shape index (κ3) is 7.55. The van der Waals surface area contributed by atoms with Gasteiger partial charge in [0.25, 0.3) is 0 Å². The number of fused-ring (bicyclic) bond motifs is 1. The molecule has 4 heterocycles. The van der Waals surface area contributed by atoms with E-state index < -0.39 is 12.1 Å². The van der Waals surface area contributed by atoms with Gasteiger partial charge in [-0.2, -0.15) is 0 Å². The molecule has 2 aromatic heterocycles. The molecule has 6 rings (SSSR count). The highest BCUT2D eigenvalue weighted by molar-refractivity contribution is 5.87. The van der Waals surface area contributed by atoms with Gasteiger partial charge in [0.15, 0.2) is 0 Å². The summed E-state index contributed by atoms with van der Waals surface area (Å²) in [5.74, 6) is 8.15. The fourth-order valence-corrected chi connectivity index (χ4v) is 6.80. The van der Waals surface area contributed by atoms with Crippen LogP contribution < -0.4 is 5.32 Å². The van der Waals surface area contributed by atoms with Crippen LogP contribution in [0.5, 0.6) is 0 Å². The Kier molecular flexibility index (Phi) is 10.3. The van der Waals surface area contributed by atoms with Gasteiger partial charge in [0.2, 0.25) is 11.8 Å². The number of benzene rings is 2. The lowest BCUT2D eigenvalue weighted by Gasteiger charge is -2.29. The lowest BCUT2D eigenvalue weighted by atomic mass is 9.96. The van der Waals surface area contributed by atoms with Crippen LogP contribution in [0.25, 0.3) is 22.3 Å². The van der Waals surface area contributed by atoms with Gasteiger partial charge in [-0.3, -0.25) is 9.59 Å². The number of methoxy groups -OCH3 is 1. The summed E-state index contributed by atoms with van der Waals surface area (Å²) >= 11 is 0. The molecule has 0 saturated carbocycles. The number of aromatic amines is 2. The first kappa shape index (κ1) is 35.5. The monoisotopic (exact) mass is 689 g/mol. The highest BCUT2D eigenvalue weighted by Gasteiger charge is 2.39. The number of ether oxygens (including phenoxy) is 1. The van der Waals surface area contributed by atoms with Crippen LogP contribution in [0.2, 0.25) is 0 Å². The van der Waals surface area contributed by atoms with E-state index in [0.717, 1.165) is 64.2 Å². The molecule has 4 atom stereocenters. The van der Waals surface area contributed by atoms with Gasteiger partial charge in [-0.25, -0.2) is 14.8 Å². The number of rotatable bonds is 8. The van der Waals surface area contributed by atoms with Crippen molar-refractivity contribution in [2.45, 2.75) is 72.0 Å². The van der Waals surface area contributed by atoms with E-state index in [1.807, 2.05) is 74.3 Å². The molecule has 3 amide bonds. The summed E-state index contributed by atoms with van der Waals surface area (Å²) in [7, 11) is 1.28. The maximum Gasteiger partial charge on any atom is 0.407 e. The Morgan fingerprint density at radius 3 is 2.35 bits per heavy atom. The molecule has 2 fully saturated rings. The molecule has 2 aliphatic rings. The summed E-state index contributed by atoms with van der Waals surface area (Å²) in [5.41, 5.74) is 6.01. The second-order valence-electron chi connectivity index (χ2n) is 14.4. The van der Waals surface area contributed by atoms with Crippen molar-refractivity contribution in [2.24, 2.45) is 17.8 Å². The Hall–Kier alpha value is -5.37. The van der Waals surface area contributed by atoms with Crippen molar-refractivity contribution in [1.29, 1.82) is 0 Å². The zero-order valence-corrected chi connectivity index (χ0v) is 30.2. The van der Waals surface area contributed by atoms with Gasteiger partial charge in [0.05, 0.1) is 35.9 Å².